The Balaban J connectivity index is -0.000000254. The average Bonchev–Trinajstić information content (AvgIpc) is 2.12. The van der Waals surface area contributed by atoms with Crippen LogP contribution in [0.25, 0.3) is 0 Å². The molecule has 0 heterocycles. The fourth-order valence-electron chi connectivity index (χ4n) is 0.627. The highest BCUT2D eigenvalue weighted by atomic mass is 35.5. The summed E-state index contributed by atoms with van der Waals surface area (Å²) >= 11 is 7.21. The highest BCUT2D eigenvalue weighted by Gasteiger charge is 2.29. The lowest BCUT2D eigenvalue weighted by molar-refractivity contribution is -0.137. The highest BCUT2D eigenvalue weighted by Crippen LogP contribution is 2.28. The van der Waals surface area contributed by atoms with E-state index in [0.717, 1.165) is 12.1 Å². The lowest BCUT2D eigenvalue weighted by Crippen LogP contribution is -2.03. The monoisotopic (exact) mass is 410 g/mol. The summed E-state index contributed by atoms with van der Waals surface area (Å²) < 4.78 is 35.4. The zero-order valence-corrected chi connectivity index (χ0v) is 14.1. The molecule has 14 heteroatoms. The number of halogens is 4. The van der Waals surface area contributed by atoms with Crippen LogP contribution in [-0.4, -0.2) is 29.4 Å². The molecular weight excluding hydrogens is 399 g/mol. The van der Waals surface area contributed by atoms with Crippen molar-refractivity contribution in [1.82, 2.24) is 0 Å². The van der Waals surface area contributed by atoms with E-state index in [-0.39, 0.29) is 12.4 Å². The summed E-state index contributed by atoms with van der Waals surface area (Å²) in [6.45, 7) is -7.61. The first-order valence-electron chi connectivity index (χ1n) is 4.29. The van der Waals surface area contributed by atoms with Crippen LogP contribution in [0.2, 0.25) is 0 Å². The minimum absolute atomic E-state index is 0. The van der Waals surface area contributed by atoms with Crippen molar-refractivity contribution in [2.75, 3.05) is 0 Å². The molecule has 0 saturated carbocycles. The maximum absolute atomic E-state index is 11.8. The Morgan fingerprint density at radius 1 is 0.762 bits per heavy atom. The third kappa shape index (κ3) is 33.3. The van der Waals surface area contributed by atoms with E-state index in [4.69, 9.17) is 29.4 Å². The smallest absolute Gasteiger partial charge is 0.325 e. The number of alkyl halides is 3. The molecule has 0 unspecified atom stereocenters. The van der Waals surface area contributed by atoms with Gasteiger partial charge in [0, 0.05) is 0 Å². The van der Waals surface area contributed by atoms with E-state index in [1.54, 1.807) is 6.07 Å². The van der Waals surface area contributed by atoms with Gasteiger partial charge in [0.05, 0.1) is 5.56 Å². The van der Waals surface area contributed by atoms with Crippen LogP contribution in [-0.2, 0) is 29.8 Å². The molecule has 0 spiro atoms. The van der Waals surface area contributed by atoms with E-state index in [9.17, 15) is 13.2 Å². The van der Waals surface area contributed by atoms with Gasteiger partial charge in [0.1, 0.15) is 0 Å². The van der Waals surface area contributed by atoms with Gasteiger partial charge in [-0.05, 0) is 23.6 Å². The standard InChI is InChI=1S/C7H5F3.ClH.2H3O3PS/c8-7(9,10)6-4-2-1-3-5-6;;2*1-4(2,3)5/h1-5H;1H;2*(H3,1,2,3,5). The Kier molecular flexibility index (Phi) is 13.7. The van der Waals surface area contributed by atoms with Crippen molar-refractivity contribution in [3.8, 4) is 0 Å². The fraction of sp³-hybridized carbons (Fsp3) is 0.143. The van der Waals surface area contributed by atoms with Crippen LogP contribution in [0.3, 0.4) is 0 Å². The zero-order chi connectivity index (χ0) is 16.6. The van der Waals surface area contributed by atoms with Crippen molar-refractivity contribution in [1.29, 1.82) is 0 Å². The Morgan fingerprint density at radius 2 is 1.00 bits per heavy atom. The Morgan fingerprint density at radius 3 is 1.14 bits per heavy atom. The average molecular weight is 411 g/mol. The molecule has 0 aliphatic carbocycles. The molecular formula is C7H12ClF3O6P2S2. The third-order valence-corrected chi connectivity index (χ3v) is 1.10. The summed E-state index contributed by atoms with van der Waals surface area (Å²) in [4.78, 5) is 45.3. The largest absolute Gasteiger partial charge is 0.416 e. The molecule has 0 aliphatic rings. The van der Waals surface area contributed by atoms with Gasteiger partial charge >= 0.3 is 19.6 Å². The second-order valence-corrected chi connectivity index (χ2v) is 7.88. The molecule has 0 amide bonds. The van der Waals surface area contributed by atoms with Crippen molar-refractivity contribution < 1.29 is 42.5 Å². The predicted octanol–water partition coefficient (Wildman–Crippen LogP) is 1.50. The Bertz CT molecular complexity index is 440. The van der Waals surface area contributed by atoms with E-state index >= 15 is 0 Å². The molecule has 0 aliphatic heterocycles. The number of hydrogen-bond acceptors (Lipinski definition) is 2. The van der Waals surface area contributed by atoms with Crippen LogP contribution in [0.1, 0.15) is 5.56 Å². The van der Waals surface area contributed by atoms with Crippen molar-refractivity contribution in [3.05, 3.63) is 35.9 Å². The molecule has 0 fully saturated rings. The predicted molar refractivity (Wildman–Crippen MR) is 80.6 cm³/mol. The molecule has 0 saturated heterocycles. The molecule has 0 bridgehead atoms. The molecule has 126 valence electrons. The summed E-state index contributed by atoms with van der Waals surface area (Å²) in [5.74, 6) is 0. The minimum Gasteiger partial charge on any atom is -0.325 e. The van der Waals surface area contributed by atoms with Crippen LogP contribution in [0.5, 0.6) is 0 Å². The van der Waals surface area contributed by atoms with Crippen LogP contribution < -0.4 is 0 Å². The maximum atomic E-state index is 11.8. The van der Waals surface area contributed by atoms with Crippen molar-refractivity contribution in [2.45, 2.75) is 6.18 Å². The van der Waals surface area contributed by atoms with Crippen LogP contribution in [0.4, 0.5) is 13.2 Å². The van der Waals surface area contributed by atoms with Crippen molar-refractivity contribution in [3.63, 3.8) is 0 Å². The van der Waals surface area contributed by atoms with Gasteiger partial charge in [-0.25, -0.2) is 0 Å². The minimum atomic E-state index is -4.21. The van der Waals surface area contributed by atoms with E-state index in [1.807, 2.05) is 0 Å². The Labute approximate surface area is 134 Å². The normalized spacial score (nSPS) is 11.1. The van der Waals surface area contributed by atoms with Gasteiger partial charge < -0.3 is 29.4 Å². The third-order valence-electron chi connectivity index (χ3n) is 1.10. The van der Waals surface area contributed by atoms with E-state index in [2.05, 4.69) is 23.6 Å². The Hall–Kier alpha value is 0.360. The summed E-state index contributed by atoms with van der Waals surface area (Å²) in [5.41, 5.74) is -0.602. The SMILES string of the molecule is Cl.FC(F)(F)c1ccccc1.OP(O)(O)=S.OP(O)(O)=S. The first kappa shape index (κ1) is 26.3. The topological polar surface area (TPSA) is 121 Å². The summed E-state index contributed by atoms with van der Waals surface area (Å²) in [5, 5.41) is 0. The van der Waals surface area contributed by atoms with E-state index in [1.165, 1.54) is 12.1 Å². The van der Waals surface area contributed by atoms with Gasteiger partial charge in [0.2, 0.25) is 0 Å². The van der Waals surface area contributed by atoms with Gasteiger partial charge in [0.25, 0.3) is 0 Å². The molecule has 6 N–H and O–H groups in total. The van der Waals surface area contributed by atoms with Crippen LogP contribution in [0, 0.1) is 0 Å². The molecule has 1 rings (SSSR count). The lowest BCUT2D eigenvalue weighted by Gasteiger charge is -2.03. The second kappa shape index (κ2) is 11.0. The van der Waals surface area contributed by atoms with Gasteiger partial charge in [-0.3, -0.25) is 0 Å². The first-order chi connectivity index (χ1) is 8.61. The molecule has 1 aromatic carbocycles. The van der Waals surface area contributed by atoms with Crippen LogP contribution >= 0.6 is 25.8 Å². The zero-order valence-electron chi connectivity index (χ0n) is 9.82. The van der Waals surface area contributed by atoms with E-state index < -0.39 is 25.2 Å². The van der Waals surface area contributed by atoms with E-state index in [0.29, 0.717) is 0 Å². The highest BCUT2D eigenvalue weighted by molar-refractivity contribution is 8.06. The summed E-state index contributed by atoms with van der Waals surface area (Å²) in [6.07, 6.45) is -4.21. The quantitative estimate of drug-likeness (QED) is 0.356. The fourth-order valence-corrected chi connectivity index (χ4v) is 0.627. The number of rotatable bonds is 0. The van der Waals surface area contributed by atoms with Gasteiger partial charge in [-0.1, -0.05) is 30.3 Å². The van der Waals surface area contributed by atoms with Gasteiger partial charge in [0.15, 0.2) is 0 Å². The molecule has 0 radical (unpaired) electrons. The molecule has 0 aromatic heterocycles. The van der Waals surface area contributed by atoms with Crippen LogP contribution in [0.15, 0.2) is 30.3 Å². The maximum Gasteiger partial charge on any atom is 0.416 e. The number of hydrogen-bond donors (Lipinski definition) is 6. The van der Waals surface area contributed by atoms with Crippen molar-refractivity contribution in [2.24, 2.45) is 0 Å². The van der Waals surface area contributed by atoms with Gasteiger partial charge in [-0.15, -0.1) is 12.4 Å². The molecule has 6 nitrogen and oxygen atoms in total. The van der Waals surface area contributed by atoms with Gasteiger partial charge in [-0.2, -0.15) is 13.2 Å². The molecule has 1 aromatic rings. The summed E-state index contributed by atoms with van der Waals surface area (Å²) in [6, 6.07) is 6.36. The molecule has 21 heavy (non-hydrogen) atoms. The van der Waals surface area contributed by atoms with Crippen molar-refractivity contribution >= 4 is 49.5 Å². The molecule has 0 atom stereocenters. The lowest BCUT2D eigenvalue weighted by atomic mass is 10.2. The number of benzene rings is 1. The second-order valence-electron chi connectivity index (χ2n) is 2.89. The summed E-state index contributed by atoms with van der Waals surface area (Å²) in [7, 11) is 0. The first-order valence-corrected chi connectivity index (χ1v) is 9.61.